The number of nitrogens with one attached hydrogen (secondary N) is 1. The molecule has 0 aliphatic rings. The molecule has 25 heavy (non-hydrogen) atoms. The van der Waals surface area contributed by atoms with Crippen LogP contribution in [0.15, 0.2) is 67.1 Å². The van der Waals surface area contributed by atoms with Gasteiger partial charge in [-0.1, -0.05) is 12.1 Å². The largest absolute Gasteiger partial charge is 0.336 e. The lowest BCUT2D eigenvalue weighted by Crippen LogP contribution is -2.26. The molecule has 0 aliphatic carbocycles. The van der Waals surface area contributed by atoms with Gasteiger partial charge < -0.3 is 9.30 Å². The van der Waals surface area contributed by atoms with E-state index in [2.05, 4.69) is 15.2 Å². The number of H-pyrrole nitrogens is 1. The van der Waals surface area contributed by atoms with Gasteiger partial charge in [-0.3, -0.25) is 14.9 Å². The Hall–Kier alpha value is -3.41. The van der Waals surface area contributed by atoms with Gasteiger partial charge in [-0.05, 0) is 36.4 Å². The number of carbonyl (C=O) groups is 1. The maximum absolute atomic E-state index is 13.0. The molecule has 0 aliphatic heterocycles. The Labute approximate surface area is 144 Å². The van der Waals surface area contributed by atoms with Crippen LogP contribution >= 0.6 is 0 Å². The Morgan fingerprint density at radius 2 is 2.04 bits per heavy atom. The van der Waals surface area contributed by atoms with Crippen LogP contribution in [0, 0.1) is 0 Å². The lowest BCUT2D eigenvalue weighted by molar-refractivity contribution is 0.0785. The quantitative estimate of drug-likeness (QED) is 0.625. The molecule has 0 aromatic carbocycles. The van der Waals surface area contributed by atoms with E-state index in [1.54, 1.807) is 24.3 Å². The third-order valence-electron chi connectivity index (χ3n) is 4.16. The number of aromatic amines is 1. The zero-order chi connectivity index (χ0) is 17.2. The van der Waals surface area contributed by atoms with Crippen LogP contribution in [0.25, 0.3) is 16.9 Å². The number of pyridine rings is 2. The number of hydrogen-bond donors (Lipinski definition) is 1. The van der Waals surface area contributed by atoms with Gasteiger partial charge in [0.25, 0.3) is 5.91 Å². The highest BCUT2D eigenvalue weighted by Crippen LogP contribution is 2.25. The van der Waals surface area contributed by atoms with Gasteiger partial charge in [0, 0.05) is 25.6 Å². The van der Waals surface area contributed by atoms with E-state index in [9.17, 15) is 4.79 Å². The summed E-state index contributed by atoms with van der Waals surface area (Å²) in [4.78, 5) is 19.0. The minimum absolute atomic E-state index is 0.0416. The molecule has 0 unspecified atom stereocenters. The van der Waals surface area contributed by atoms with Gasteiger partial charge >= 0.3 is 0 Å². The summed E-state index contributed by atoms with van der Waals surface area (Å²) in [5.41, 5.74) is 4.15. The van der Waals surface area contributed by atoms with Gasteiger partial charge in [0.05, 0.1) is 34.7 Å². The second kappa shape index (κ2) is 6.24. The van der Waals surface area contributed by atoms with Gasteiger partial charge in [0.15, 0.2) is 0 Å². The maximum Gasteiger partial charge on any atom is 0.256 e. The van der Waals surface area contributed by atoms with Crippen LogP contribution in [0.4, 0.5) is 0 Å². The first kappa shape index (κ1) is 15.1. The van der Waals surface area contributed by atoms with E-state index in [0.717, 1.165) is 22.6 Å². The Morgan fingerprint density at radius 3 is 2.80 bits per heavy atom. The van der Waals surface area contributed by atoms with Crippen molar-refractivity contribution in [3.63, 3.8) is 0 Å². The first-order valence-electron chi connectivity index (χ1n) is 7.99. The van der Waals surface area contributed by atoms with E-state index < -0.39 is 0 Å². The van der Waals surface area contributed by atoms with Crippen LogP contribution in [-0.4, -0.2) is 37.4 Å². The Bertz CT molecular complexity index is 1000. The summed E-state index contributed by atoms with van der Waals surface area (Å²) in [5, 5.41) is 6.97. The van der Waals surface area contributed by atoms with Crippen LogP contribution in [-0.2, 0) is 6.54 Å². The normalized spacial score (nSPS) is 10.9. The number of carbonyl (C=O) groups excluding carboxylic acids is 1. The SMILES string of the molecule is CN(Cc1ccccn1)C(=O)c1cc(-c2ccn[nH]2)n2ccccc12. The minimum Gasteiger partial charge on any atom is -0.336 e. The Morgan fingerprint density at radius 1 is 1.16 bits per heavy atom. The molecular weight excluding hydrogens is 314 g/mol. The van der Waals surface area contributed by atoms with Gasteiger partial charge in [-0.25, -0.2) is 0 Å². The highest BCUT2D eigenvalue weighted by Gasteiger charge is 2.20. The molecule has 6 nitrogen and oxygen atoms in total. The molecule has 0 radical (unpaired) electrons. The van der Waals surface area contributed by atoms with E-state index in [1.165, 1.54) is 0 Å². The van der Waals surface area contributed by atoms with Crippen molar-refractivity contribution in [1.29, 1.82) is 0 Å². The number of hydrogen-bond acceptors (Lipinski definition) is 3. The first-order chi connectivity index (χ1) is 12.2. The predicted octanol–water partition coefficient (Wildman–Crippen LogP) is 3.00. The molecule has 0 bridgehead atoms. The standard InChI is InChI=1S/C19H17N5O/c1-23(13-14-6-2-4-9-20-14)19(25)15-12-18(16-8-10-21-22-16)24-11-5-3-7-17(15)24/h2-12H,13H2,1H3,(H,21,22). The monoisotopic (exact) mass is 331 g/mol. The highest BCUT2D eigenvalue weighted by atomic mass is 16.2. The van der Waals surface area contributed by atoms with Crippen molar-refractivity contribution in [3.8, 4) is 11.4 Å². The summed E-state index contributed by atoms with van der Waals surface area (Å²) in [6.45, 7) is 0.462. The van der Waals surface area contributed by atoms with Gasteiger partial charge in [0.2, 0.25) is 0 Å². The number of rotatable bonds is 4. The average Bonchev–Trinajstić information content (AvgIpc) is 3.29. The fourth-order valence-electron chi connectivity index (χ4n) is 2.94. The van der Waals surface area contributed by atoms with Crippen LogP contribution < -0.4 is 0 Å². The van der Waals surface area contributed by atoms with Gasteiger partial charge in [0.1, 0.15) is 0 Å². The molecule has 0 spiro atoms. The summed E-state index contributed by atoms with van der Waals surface area (Å²) in [7, 11) is 1.79. The molecule has 1 N–H and O–H groups in total. The van der Waals surface area contributed by atoms with Crippen molar-refractivity contribution in [2.75, 3.05) is 7.05 Å². The fourth-order valence-corrected chi connectivity index (χ4v) is 2.94. The summed E-state index contributed by atoms with van der Waals surface area (Å²) < 4.78 is 2.00. The molecule has 4 rings (SSSR count). The Balaban J connectivity index is 1.72. The second-order valence-electron chi connectivity index (χ2n) is 5.85. The average molecular weight is 331 g/mol. The van der Waals surface area contributed by atoms with E-state index in [-0.39, 0.29) is 5.91 Å². The molecule has 4 aromatic rings. The molecule has 4 heterocycles. The molecule has 0 saturated carbocycles. The molecule has 6 heteroatoms. The van der Waals surface area contributed by atoms with Crippen LogP contribution in [0.1, 0.15) is 16.1 Å². The van der Waals surface area contributed by atoms with Crippen molar-refractivity contribution in [3.05, 3.63) is 78.4 Å². The third kappa shape index (κ3) is 2.78. The minimum atomic E-state index is -0.0416. The second-order valence-corrected chi connectivity index (χ2v) is 5.85. The lowest BCUT2D eigenvalue weighted by Gasteiger charge is -2.16. The number of aromatic nitrogens is 4. The predicted molar refractivity (Wildman–Crippen MR) is 95.0 cm³/mol. The smallest absolute Gasteiger partial charge is 0.256 e. The maximum atomic E-state index is 13.0. The van der Waals surface area contributed by atoms with Crippen LogP contribution in [0.5, 0.6) is 0 Å². The molecule has 1 amide bonds. The topological polar surface area (TPSA) is 66.3 Å². The highest BCUT2D eigenvalue weighted by molar-refractivity contribution is 6.02. The van der Waals surface area contributed by atoms with Gasteiger partial charge in [-0.15, -0.1) is 0 Å². The van der Waals surface area contributed by atoms with E-state index in [0.29, 0.717) is 12.1 Å². The third-order valence-corrected chi connectivity index (χ3v) is 4.16. The van der Waals surface area contributed by atoms with Gasteiger partial charge in [-0.2, -0.15) is 5.10 Å². The number of amides is 1. The Kier molecular flexibility index (Phi) is 3.78. The molecule has 0 fully saturated rings. The zero-order valence-corrected chi connectivity index (χ0v) is 13.8. The first-order valence-corrected chi connectivity index (χ1v) is 7.99. The van der Waals surface area contributed by atoms with E-state index in [4.69, 9.17) is 0 Å². The summed E-state index contributed by atoms with van der Waals surface area (Å²) in [5.74, 6) is -0.0416. The summed E-state index contributed by atoms with van der Waals surface area (Å²) >= 11 is 0. The molecule has 0 saturated heterocycles. The van der Waals surface area contributed by atoms with Crippen molar-refractivity contribution in [2.45, 2.75) is 6.54 Å². The van der Waals surface area contributed by atoms with Crippen LogP contribution in [0.2, 0.25) is 0 Å². The van der Waals surface area contributed by atoms with Crippen molar-refractivity contribution in [2.24, 2.45) is 0 Å². The van der Waals surface area contributed by atoms with E-state index >= 15 is 0 Å². The molecule has 4 aromatic heterocycles. The molecule has 124 valence electrons. The number of nitrogens with zero attached hydrogens (tertiary/aromatic N) is 4. The van der Waals surface area contributed by atoms with Crippen molar-refractivity contribution < 1.29 is 4.79 Å². The van der Waals surface area contributed by atoms with E-state index in [1.807, 2.05) is 59.1 Å². The zero-order valence-electron chi connectivity index (χ0n) is 13.8. The fraction of sp³-hybridized carbons (Fsp3) is 0.105. The lowest BCUT2D eigenvalue weighted by atomic mass is 10.2. The van der Waals surface area contributed by atoms with Crippen LogP contribution in [0.3, 0.4) is 0 Å². The summed E-state index contributed by atoms with van der Waals surface area (Å²) in [6.07, 6.45) is 5.38. The van der Waals surface area contributed by atoms with Crippen molar-refractivity contribution in [1.82, 2.24) is 24.5 Å². The molecule has 0 atom stereocenters. The molecular formula is C19H17N5O. The summed E-state index contributed by atoms with van der Waals surface area (Å²) in [6, 6.07) is 15.3. The van der Waals surface area contributed by atoms with Crippen molar-refractivity contribution >= 4 is 11.4 Å². The number of fused-ring (bicyclic) bond motifs is 1.